The van der Waals surface area contributed by atoms with Gasteiger partial charge >= 0.3 is 6.09 Å². The van der Waals surface area contributed by atoms with Gasteiger partial charge in [-0.25, -0.2) is 4.79 Å². The highest BCUT2D eigenvalue weighted by Gasteiger charge is 2.22. The standard InChI is InChI=1S/C16H21NO3/c18-11-10-13-6-8-15(9-7-13)17-16(19)20-12-14-4-2-1-3-5-14/h1-5,11,13,15H,6-10,12H2,(H,17,19). The Labute approximate surface area is 119 Å². The molecular weight excluding hydrogens is 254 g/mol. The Balaban J connectivity index is 1.66. The van der Waals surface area contributed by atoms with Crippen LogP contribution in [0.25, 0.3) is 0 Å². The van der Waals surface area contributed by atoms with E-state index in [1.807, 2.05) is 30.3 Å². The first kappa shape index (κ1) is 14.6. The van der Waals surface area contributed by atoms with Crippen molar-refractivity contribution in [1.29, 1.82) is 0 Å². The van der Waals surface area contributed by atoms with Gasteiger partial charge in [0.05, 0.1) is 0 Å². The van der Waals surface area contributed by atoms with E-state index in [0.717, 1.165) is 37.5 Å². The van der Waals surface area contributed by atoms with Crippen LogP contribution >= 0.6 is 0 Å². The first-order valence-electron chi connectivity index (χ1n) is 7.19. The van der Waals surface area contributed by atoms with Gasteiger partial charge < -0.3 is 14.8 Å². The van der Waals surface area contributed by atoms with E-state index >= 15 is 0 Å². The van der Waals surface area contributed by atoms with Crippen LogP contribution in [0.4, 0.5) is 4.79 Å². The molecule has 1 amide bonds. The molecule has 1 aliphatic rings. The van der Waals surface area contributed by atoms with Gasteiger partial charge in [0, 0.05) is 12.5 Å². The van der Waals surface area contributed by atoms with Gasteiger partial charge in [0.1, 0.15) is 12.9 Å². The summed E-state index contributed by atoms with van der Waals surface area (Å²) >= 11 is 0. The molecule has 1 fully saturated rings. The molecule has 1 aromatic carbocycles. The molecule has 0 heterocycles. The average Bonchev–Trinajstić information content (AvgIpc) is 2.49. The largest absolute Gasteiger partial charge is 0.445 e. The van der Waals surface area contributed by atoms with Gasteiger partial charge in [-0.1, -0.05) is 30.3 Å². The van der Waals surface area contributed by atoms with Crippen LogP contribution in [0.2, 0.25) is 0 Å². The minimum Gasteiger partial charge on any atom is -0.445 e. The van der Waals surface area contributed by atoms with Gasteiger partial charge in [0.25, 0.3) is 0 Å². The van der Waals surface area contributed by atoms with E-state index in [1.165, 1.54) is 0 Å². The lowest BCUT2D eigenvalue weighted by Gasteiger charge is -2.27. The highest BCUT2D eigenvalue weighted by molar-refractivity contribution is 5.67. The van der Waals surface area contributed by atoms with Crippen molar-refractivity contribution in [3.8, 4) is 0 Å². The number of carbonyl (C=O) groups excluding carboxylic acids is 2. The van der Waals surface area contributed by atoms with E-state index < -0.39 is 0 Å². The number of alkyl carbamates (subject to hydrolysis) is 1. The molecule has 0 saturated heterocycles. The lowest BCUT2D eigenvalue weighted by molar-refractivity contribution is -0.108. The molecule has 0 bridgehead atoms. The average molecular weight is 275 g/mol. The molecule has 4 nitrogen and oxygen atoms in total. The van der Waals surface area contributed by atoms with Crippen molar-refractivity contribution in [3.05, 3.63) is 35.9 Å². The van der Waals surface area contributed by atoms with Gasteiger partial charge in [-0.3, -0.25) is 0 Å². The van der Waals surface area contributed by atoms with Crippen molar-refractivity contribution in [2.75, 3.05) is 0 Å². The summed E-state index contributed by atoms with van der Waals surface area (Å²) in [6.45, 7) is 0.299. The molecular formula is C16H21NO3. The van der Waals surface area contributed by atoms with Crippen LogP contribution in [0.3, 0.4) is 0 Å². The monoisotopic (exact) mass is 275 g/mol. The van der Waals surface area contributed by atoms with E-state index in [4.69, 9.17) is 4.74 Å². The van der Waals surface area contributed by atoms with E-state index in [1.54, 1.807) is 0 Å². The number of hydrogen-bond acceptors (Lipinski definition) is 3. The molecule has 1 aliphatic carbocycles. The SMILES string of the molecule is O=CCC1CCC(NC(=O)OCc2ccccc2)CC1. The second-order valence-electron chi connectivity index (χ2n) is 5.33. The highest BCUT2D eigenvalue weighted by atomic mass is 16.5. The zero-order valence-electron chi connectivity index (χ0n) is 11.6. The molecule has 4 heteroatoms. The Kier molecular flexibility index (Phi) is 5.59. The van der Waals surface area contributed by atoms with Gasteiger partial charge in [0.2, 0.25) is 0 Å². The summed E-state index contributed by atoms with van der Waals surface area (Å²) in [6, 6.07) is 9.81. The molecule has 2 rings (SSSR count). The third-order valence-electron chi connectivity index (χ3n) is 3.81. The summed E-state index contributed by atoms with van der Waals surface area (Å²) in [5.41, 5.74) is 0.984. The highest BCUT2D eigenvalue weighted by Crippen LogP contribution is 2.26. The van der Waals surface area contributed by atoms with Crippen LogP contribution in [0.15, 0.2) is 30.3 Å². The summed E-state index contributed by atoms with van der Waals surface area (Å²) < 4.78 is 5.20. The predicted octanol–water partition coefficient (Wildman–Crippen LogP) is 3.06. The molecule has 0 radical (unpaired) electrons. The zero-order chi connectivity index (χ0) is 14.2. The number of rotatable bonds is 5. The third kappa shape index (κ3) is 4.68. The normalized spacial score (nSPS) is 22.0. The Hall–Kier alpha value is -1.84. The van der Waals surface area contributed by atoms with E-state index in [0.29, 0.717) is 18.9 Å². The molecule has 0 spiro atoms. The van der Waals surface area contributed by atoms with Gasteiger partial charge in [0.15, 0.2) is 0 Å². The second kappa shape index (κ2) is 7.68. The Morgan fingerprint density at radius 3 is 2.55 bits per heavy atom. The van der Waals surface area contributed by atoms with Crippen LogP contribution in [-0.2, 0) is 16.1 Å². The van der Waals surface area contributed by atoms with Gasteiger partial charge in [-0.2, -0.15) is 0 Å². The lowest BCUT2D eigenvalue weighted by atomic mass is 9.84. The number of amides is 1. The fourth-order valence-electron chi connectivity index (χ4n) is 2.61. The Morgan fingerprint density at radius 1 is 1.20 bits per heavy atom. The van der Waals surface area contributed by atoms with Crippen LogP contribution in [-0.4, -0.2) is 18.4 Å². The van der Waals surface area contributed by atoms with Crippen molar-refractivity contribution in [2.24, 2.45) is 5.92 Å². The smallest absolute Gasteiger partial charge is 0.407 e. The Bertz CT molecular complexity index is 425. The van der Waals surface area contributed by atoms with Crippen molar-refractivity contribution in [3.63, 3.8) is 0 Å². The molecule has 0 aromatic heterocycles. The number of aldehydes is 1. The quantitative estimate of drug-likeness (QED) is 0.840. The zero-order valence-corrected chi connectivity index (χ0v) is 11.6. The first-order valence-corrected chi connectivity index (χ1v) is 7.19. The van der Waals surface area contributed by atoms with E-state index in [9.17, 15) is 9.59 Å². The second-order valence-corrected chi connectivity index (χ2v) is 5.33. The van der Waals surface area contributed by atoms with Crippen LogP contribution < -0.4 is 5.32 Å². The number of carbonyl (C=O) groups is 2. The van der Waals surface area contributed by atoms with Crippen molar-refractivity contribution in [1.82, 2.24) is 5.32 Å². The van der Waals surface area contributed by atoms with Gasteiger partial charge in [-0.15, -0.1) is 0 Å². The summed E-state index contributed by atoms with van der Waals surface area (Å²) in [5, 5.41) is 2.90. The molecule has 1 saturated carbocycles. The molecule has 0 atom stereocenters. The minimum absolute atomic E-state index is 0.182. The van der Waals surface area contributed by atoms with Gasteiger partial charge in [-0.05, 0) is 37.2 Å². The summed E-state index contributed by atoms with van der Waals surface area (Å²) in [5.74, 6) is 0.492. The van der Waals surface area contributed by atoms with Crippen LogP contribution in [0.5, 0.6) is 0 Å². The molecule has 1 aromatic rings. The third-order valence-corrected chi connectivity index (χ3v) is 3.81. The van der Waals surface area contributed by atoms with Crippen molar-refractivity contribution in [2.45, 2.75) is 44.8 Å². The lowest BCUT2D eigenvalue weighted by Crippen LogP contribution is -2.37. The van der Waals surface area contributed by atoms with Crippen LogP contribution in [0.1, 0.15) is 37.7 Å². The molecule has 20 heavy (non-hydrogen) atoms. The van der Waals surface area contributed by atoms with E-state index in [2.05, 4.69) is 5.32 Å². The molecule has 0 unspecified atom stereocenters. The van der Waals surface area contributed by atoms with Crippen molar-refractivity contribution < 1.29 is 14.3 Å². The number of ether oxygens (including phenoxy) is 1. The maximum Gasteiger partial charge on any atom is 0.407 e. The van der Waals surface area contributed by atoms with Crippen LogP contribution in [0, 0.1) is 5.92 Å². The summed E-state index contributed by atoms with van der Waals surface area (Å²) in [4.78, 5) is 22.2. The summed E-state index contributed by atoms with van der Waals surface area (Å²) in [6.07, 6.45) is 5.15. The van der Waals surface area contributed by atoms with Crippen molar-refractivity contribution >= 4 is 12.4 Å². The van der Waals surface area contributed by atoms with E-state index in [-0.39, 0.29) is 12.1 Å². The summed E-state index contributed by atoms with van der Waals surface area (Å²) in [7, 11) is 0. The molecule has 0 aliphatic heterocycles. The number of benzene rings is 1. The first-order chi connectivity index (χ1) is 9.78. The fraction of sp³-hybridized carbons (Fsp3) is 0.500. The number of hydrogen-bond donors (Lipinski definition) is 1. The predicted molar refractivity (Wildman–Crippen MR) is 76.2 cm³/mol. The maximum atomic E-state index is 11.7. The fourth-order valence-corrected chi connectivity index (χ4v) is 2.61. The topological polar surface area (TPSA) is 55.4 Å². The Morgan fingerprint density at radius 2 is 1.90 bits per heavy atom. The maximum absolute atomic E-state index is 11.7. The number of nitrogens with one attached hydrogen (secondary N) is 1. The molecule has 1 N–H and O–H groups in total. The minimum atomic E-state index is -0.354. The molecule has 108 valence electrons.